The van der Waals surface area contributed by atoms with E-state index in [-0.39, 0.29) is 36.2 Å². The molecule has 0 unspecified atom stereocenters. The molecule has 0 atom stereocenters. The number of benzene rings is 2. The van der Waals surface area contributed by atoms with Crippen molar-refractivity contribution in [3.63, 3.8) is 0 Å². The van der Waals surface area contributed by atoms with E-state index in [1.807, 2.05) is 0 Å². The fraction of sp³-hybridized carbons (Fsp3) is 0.130. The van der Waals surface area contributed by atoms with Crippen LogP contribution in [0.4, 0.5) is 15.9 Å². The third-order valence-electron chi connectivity index (χ3n) is 4.87. The van der Waals surface area contributed by atoms with Gasteiger partial charge in [0, 0.05) is 23.4 Å². The molecular weight excluding hydrogens is 511 g/mol. The number of hydrogen-bond acceptors (Lipinski definition) is 6. The summed E-state index contributed by atoms with van der Waals surface area (Å²) in [4.78, 5) is 23.0. The van der Waals surface area contributed by atoms with E-state index in [4.69, 9.17) is 9.15 Å². The van der Waals surface area contributed by atoms with Gasteiger partial charge in [-0.05, 0) is 53.2 Å². The second kappa shape index (κ2) is 9.87. The van der Waals surface area contributed by atoms with Crippen LogP contribution in [-0.2, 0) is 13.2 Å². The normalized spacial score (nSPS) is 10.8. The van der Waals surface area contributed by atoms with E-state index in [2.05, 4.69) is 26.3 Å². The van der Waals surface area contributed by atoms with E-state index >= 15 is 0 Å². The molecule has 2 aromatic carbocycles. The molecule has 0 saturated carbocycles. The Morgan fingerprint density at radius 2 is 2.06 bits per heavy atom. The van der Waals surface area contributed by atoms with Gasteiger partial charge in [-0.25, -0.2) is 4.39 Å². The van der Waals surface area contributed by atoms with Crippen LogP contribution >= 0.6 is 15.9 Å². The van der Waals surface area contributed by atoms with Gasteiger partial charge >= 0.3 is 0 Å². The van der Waals surface area contributed by atoms with Crippen molar-refractivity contribution in [1.82, 2.24) is 9.78 Å². The van der Waals surface area contributed by atoms with E-state index < -0.39 is 10.8 Å². The van der Waals surface area contributed by atoms with Crippen molar-refractivity contribution in [3.8, 4) is 5.75 Å². The number of ether oxygens (including phenoxy) is 1. The van der Waals surface area contributed by atoms with Crippen molar-refractivity contribution in [2.75, 3.05) is 5.32 Å². The molecule has 0 spiro atoms. The van der Waals surface area contributed by atoms with Gasteiger partial charge in [0.15, 0.2) is 11.6 Å². The Hall–Kier alpha value is -3.99. The van der Waals surface area contributed by atoms with Gasteiger partial charge in [0.05, 0.1) is 15.9 Å². The first-order valence-electron chi connectivity index (χ1n) is 10.0. The number of rotatable bonds is 8. The van der Waals surface area contributed by atoms with Crippen LogP contribution in [0.15, 0.2) is 69.7 Å². The molecule has 1 amide bonds. The van der Waals surface area contributed by atoms with Gasteiger partial charge in [0.2, 0.25) is 0 Å². The predicted molar refractivity (Wildman–Crippen MR) is 124 cm³/mol. The lowest BCUT2D eigenvalue weighted by atomic mass is 10.2. The predicted octanol–water partition coefficient (Wildman–Crippen LogP) is 5.47. The topological polar surface area (TPSA) is 112 Å². The Morgan fingerprint density at radius 3 is 2.79 bits per heavy atom. The molecule has 0 bridgehead atoms. The Morgan fingerprint density at radius 1 is 1.26 bits per heavy atom. The number of furan rings is 1. The molecule has 0 fully saturated rings. The van der Waals surface area contributed by atoms with Gasteiger partial charge in [-0.2, -0.15) is 5.10 Å². The maximum atomic E-state index is 13.9. The Kier molecular flexibility index (Phi) is 6.73. The number of aromatic nitrogens is 2. The van der Waals surface area contributed by atoms with Crippen LogP contribution in [0.3, 0.4) is 0 Å². The molecule has 9 nitrogen and oxygen atoms in total. The molecule has 34 heavy (non-hydrogen) atoms. The number of anilines is 1. The highest BCUT2D eigenvalue weighted by atomic mass is 79.9. The Balaban J connectivity index is 1.37. The summed E-state index contributed by atoms with van der Waals surface area (Å²) >= 11 is 3.34. The van der Waals surface area contributed by atoms with Gasteiger partial charge < -0.3 is 14.5 Å². The molecule has 0 aliphatic heterocycles. The number of aryl methyl sites for hydroxylation is 1. The average Bonchev–Trinajstić information content (AvgIpc) is 3.40. The van der Waals surface area contributed by atoms with Crippen LogP contribution in [0, 0.1) is 22.9 Å². The minimum atomic E-state index is -0.519. The van der Waals surface area contributed by atoms with Crippen LogP contribution in [-0.4, -0.2) is 20.6 Å². The second-order valence-corrected chi connectivity index (χ2v) is 8.18. The molecule has 2 aromatic heterocycles. The zero-order valence-electron chi connectivity index (χ0n) is 17.8. The molecule has 4 aromatic rings. The van der Waals surface area contributed by atoms with Crippen molar-refractivity contribution in [2.24, 2.45) is 0 Å². The molecule has 0 aliphatic carbocycles. The summed E-state index contributed by atoms with van der Waals surface area (Å²) in [7, 11) is 0. The van der Waals surface area contributed by atoms with Crippen LogP contribution in [0.25, 0.3) is 0 Å². The molecule has 0 radical (unpaired) electrons. The number of carbonyl (C=O) groups excluding carboxylic acids is 1. The van der Waals surface area contributed by atoms with Crippen molar-refractivity contribution >= 4 is 33.3 Å². The monoisotopic (exact) mass is 528 g/mol. The fourth-order valence-electron chi connectivity index (χ4n) is 3.19. The summed E-state index contributed by atoms with van der Waals surface area (Å²) in [6, 6.07) is 13.9. The third kappa shape index (κ3) is 5.31. The smallest absolute Gasteiger partial charge is 0.292 e. The van der Waals surface area contributed by atoms with Crippen LogP contribution in [0.2, 0.25) is 0 Å². The highest BCUT2D eigenvalue weighted by Gasteiger charge is 2.17. The fourth-order valence-corrected chi connectivity index (χ4v) is 3.60. The van der Waals surface area contributed by atoms with Gasteiger partial charge in [-0.3, -0.25) is 19.6 Å². The third-order valence-corrected chi connectivity index (χ3v) is 5.45. The molecule has 4 rings (SSSR count). The van der Waals surface area contributed by atoms with Gasteiger partial charge in [0.1, 0.15) is 23.9 Å². The standard InChI is InChI=1S/C23H18BrFN4O5/c1-14-10-16(6-8-20(14)29(31)32)33-13-17-7-9-21(34-17)23(30)26-22-18(24)12-28(27-22)11-15-4-2-3-5-19(15)25/h2-10,12H,11,13H2,1H3,(H,26,27,30). The first kappa shape index (κ1) is 23.2. The zero-order valence-corrected chi connectivity index (χ0v) is 19.4. The second-order valence-electron chi connectivity index (χ2n) is 7.33. The number of nitrogens with zero attached hydrogens (tertiary/aromatic N) is 3. The molecule has 2 heterocycles. The molecule has 0 saturated heterocycles. The number of nitrogens with one attached hydrogen (secondary N) is 1. The minimum Gasteiger partial charge on any atom is -0.486 e. The number of hydrogen-bond donors (Lipinski definition) is 1. The van der Waals surface area contributed by atoms with Gasteiger partial charge in [-0.1, -0.05) is 18.2 Å². The largest absolute Gasteiger partial charge is 0.486 e. The van der Waals surface area contributed by atoms with Crippen molar-refractivity contribution in [1.29, 1.82) is 0 Å². The summed E-state index contributed by atoms with van der Waals surface area (Å²) in [6.07, 6.45) is 1.63. The van der Waals surface area contributed by atoms with Crippen LogP contribution < -0.4 is 10.1 Å². The summed E-state index contributed by atoms with van der Waals surface area (Å²) in [5.41, 5.74) is 0.947. The first-order valence-corrected chi connectivity index (χ1v) is 10.8. The molecular formula is C23H18BrFN4O5. The average molecular weight is 529 g/mol. The quantitative estimate of drug-likeness (QED) is 0.239. The van der Waals surface area contributed by atoms with Gasteiger partial charge in [0.25, 0.3) is 11.6 Å². The van der Waals surface area contributed by atoms with Crippen LogP contribution in [0.5, 0.6) is 5.75 Å². The maximum absolute atomic E-state index is 13.9. The lowest BCUT2D eigenvalue weighted by Crippen LogP contribution is -2.12. The molecule has 0 aliphatic rings. The Bertz CT molecular complexity index is 1370. The van der Waals surface area contributed by atoms with E-state index in [0.29, 0.717) is 27.1 Å². The van der Waals surface area contributed by atoms with E-state index in [0.717, 1.165) is 0 Å². The highest BCUT2D eigenvalue weighted by molar-refractivity contribution is 9.10. The number of amides is 1. The highest BCUT2D eigenvalue weighted by Crippen LogP contribution is 2.25. The van der Waals surface area contributed by atoms with E-state index in [1.54, 1.807) is 43.5 Å². The van der Waals surface area contributed by atoms with Crippen molar-refractivity contribution < 1.29 is 23.3 Å². The molecule has 11 heteroatoms. The maximum Gasteiger partial charge on any atom is 0.292 e. The minimum absolute atomic E-state index is 0.00631. The lowest BCUT2D eigenvalue weighted by molar-refractivity contribution is -0.385. The number of nitro groups is 1. The van der Waals surface area contributed by atoms with Crippen LogP contribution in [0.1, 0.15) is 27.4 Å². The van der Waals surface area contributed by atoms with Crippen molar-refractivity contribution in [2.45, 2.75) is 20.1 Å². The summed E-state index contributed by atoms with van der Waals surface area (Å²) in [5, 5.41) is 17.8. The number of nitro benzene ring substituents is 1. The zero-order chi connectivity index (χ0) is 24.2. The summed E-state index contributed by atoms with van der Waals surface area (Å²) < 4.78 is 27.1. The van der Waals surface area contributed by atoms with E-state index in [1.165, 1.54) is 28.9 Å². The lowest BCUT2D eigenvalue weighted by Gasteiger charge is -2.05. The molecule has 1 N–H and O–H groups in total. The Labute approximate surface area is 201 Å². The summed E-state index contributed by atoms with van der Waals surface area (Å²) in [5.74, 6) is 0.286. The first-order chi connectivity index (χ1) is 16.3. The van der Waals surface area contributed by atoms with Gasteiger partial charge in [-0.15, -0.1) is 0 Å². The number of halogens is 2. The molecule has 174 valence electrons. The summed E-state index contributed by atoms with van der Waals surface area (Å²) in [6.45, 7) is 1.85. The number of carbonyl (C=O) groups is 1. The van der Waals surface area contributed by atoms with E-state index in [9.17, 15) is 19.3 Å². The van der Waals surface area contributed by atoms with Crippen molar-refractivity contribution in [3.05, 3.63) is 104 Å². The SMILES string of the molecule is Cc1cc(OCc2ccc(C(=O)Nc3nn(Cc4ccccc4F)cc3Br)o2)ccc1[N+](=O)[O-].